The minimum Gasteiger partial charge on any atom is -0.322 e. The Labute approximate surface area is 144 Å². The Morgan fingerprint density at radius 1 is 1.08 bits per heavy atom. The lowest BCUT2D eigenvalue weighted by molar-refractivity contribution is 0.102. The first-order valence-corrected chi connectivity index (χ1v) is 8.18. The van der Waals surface area contributed by atoms with E-state index in [1.165, 1.54) is 18.4 Å². The first-order valence-electron chi connectivity index (χ1n) is 7.80. The summed E-state index contributed by atoms with van der Waals surface area (Å²) in [5.41, 5.74) is 1.64. The molecule has 1 fully saturated rings. The van der Waals surface area contributed by atoms with Crippen LogP contribution in [0.1, 0.15) is 28.8 Å². The van der Waals surface area contributed by atoms with Gasteiger partial charge in [0.25, 0.3) is 5.91 Å². The van der Waals surface area contributed by atoms with Crippen LogP contribution >= 0.6 is 11.6 Å². The second kappa shape index (κ2) is 7.28. The maximum absolute atomic E-state index is 13.3. The summed E-state index contributed by atoms with van der Waals surface area (Å²) < 4.78 is 26.4. The quantitative estimate of drug-likeness (QED) is 0.825. The number of halogens is 3. The second-order valence-corrected chi connectivity index (χ2v) is 6.29. The van der Waals surface area contributed by atoms with E-state index >= 15 is 0 Å². The highest BCUT2D eigenvalue weighted by Crippen LogP contribution is 2.22. The summed E-state index contributed by atoms with van der Waals surface area (Å²) >= 11 is 5.81. The third-order valence-corrected chi connectivity index (χ3v) is 4.38. The Morgan fingerprint density at radius 3 is 2.38 bits per heavy atom. The molecule has 6 heteroatoms. The third kappa shape index (κ3) is 3.91. The van der Waals surface area contributed by atoms with Crippen molar-refractivity contribution < 1.29 is 13.6 Å². The van der Waals surface area contributed by atoms with Gasteiger partial charge in [-0.3, -0.25) is 9.69 Å². The number of hydrogen-bond acceptors (Lipinski definition) is 2. The summed E-state index contributed by atoms with van der Waals surface area (Å²) in [6.45, 7) is 3.13. The van der Waals surface area contributed by atoms with E-state index < -0.39 is 17.5 Å². The van der Waals surface area contributed by atoms with E-state index in [2.05, 4.69) is 10.2 Å². The topological polar surface area (TPSA) is 32.3 Å². The van der Waals surface area contributed by atoms with Crippen molar-refractivity contribution in [1.29, 1.82) is 0 Å². The van der Waals surface area contributed by atoms with Crippen LogP contribution in [0.5, 0.6) is 0 Å². The van der Waals surface area contributed by atoms with Gasteiger partial charge in [0, 0.05) is 12.2 Å². The molecule has 0 unspecified atom stereocenters. The summed E-state index contributed by atoms with van der Waals surface area (Å²) in [6.07, 6.45) is 2.48. The van der Waals surface area contributed by atoms with Gasteiger partial charge in [-0.05, 0) is 55.8 Å². The maximum Gasteiger partial charge on any atom is 0.257 e. The molecular weight excluding hydrogens is 334 g/mol. The van der Waals surface area contributed by atoms with Gasteiger partial charge in [0.2, 0.25) is 0 Å². The van der Waals surface area contributed by atoms with Crippen molar-refractivity contribution in [2.45, 2.75) is 19.4 Å². The van der Waals surface area contributed by atoms with Gasteiger partial charge in [0.1, 0.15) is 0 Å². The van der Waals surface area contributed by atoms with Gasteiger partial charge in [-0.25, -0.2) is 8.78 Å². The zero-order chi connectivity index (χ0) is 17.1. The van der Waals surface area contributed by atoms with Crippen LogP contribution in [0.3, 0.4) is 0 Å². The molecule has 0 spiro atoms. The average Bonchev–Trinajstić information content (AvgIpc) is 3.05. The van der Waals surface area contributed by atoms with Crippen LogP contribution in [0.25, 0.3) is 0 Å². The number of carbonyl (C=O) groups excluding carboxylic acids is 1. The SMILES string of the molecule is O=C(Nc1ccc(CN2CCCC2)cc1)c1cc(F)c(F)cc1Cl. The molecule has 1 N–H and O–H groups in total. The lowest BCUT2D eigenvalue weighted by Crippen LogP contribution is -2.18. The zero-order valence-electron chi connectivity index (χ0n) is 13.0. The van der Waals surface area contributed by atoms with Crippen molar-refractivity contribution >= 4 is 23.2 Å². The van der Waals surface area contributed by atoms with Crippen molar-refractivity contribution in [1.82, 2.24) is 4.90 Å². The predicted octanol–water partition coefficient (Wildman–Crippen LogP) is 4.47. The van der Waals surface area contributed by atoms with Crippen LogP contribution < -0.4 is 5.32 Å². The van der Waals surface area contributed by atoms with E-state index in [9.17, 15) is 13.6 Å². The minimum absolute atomic E-state index is 0.100. The summed E-state index contributed by atoms with van der Waals surface area (Å²) in [5, 5.41) is 2.51. The molecular formula is C18H17ClF2N2O. The molecule has 1 heterocycles. The minimum atomic E-state index is -1.11. The molecule has 2 aromatic carbocycles. The lowest BCUT2D eigenvalue weighted by Gasteiger charge is -2.15. The van der Waals surface area contributed by atoms with Gasteiger partial charge in [0.05, 0.1) is 10.6 Å². The zero-order valence-corrected chi connectivity index (χ0v) is 13.7. The third-order valence-electron chi connectivity index (χ3n) is 4.07. The number of nitrogens with one attached hydrogen (secondary N) is 1. The number of amides is 1. The number of nitrogens with zero attached hydrogens (tertiary/aromatic N) is 1. The smallest absolute Gasteiger partial charge is 0.257 e. The van der Waals surface area contributed by atoms with Crippen LogP contribution in [0.2, 0.25) is 5.02 Å². The molecule has 1 aliphatic heterocycles. The van der Waals surface area contributed by atoms with Crippen LogP contribution in [-0.4, -0.2) is 23.9 Å². The molecule has 0 atom stereocenters. The van der Waals surface area contributed by atoms with Gasteiger partial charge in [-0.2, -0.15) is 0 Å². The second-order valence-electron chi connectivity index (χ2n) is 5.88. The largest absolute Gasteiger partial charge is 0.322 e. The molecule has 1 saturated heterocycles. The number of benzene rings is 2. The molecule has 3 nitrogen and oxygen atoms in total. The Morgan fingerprint density at radius 2 is 1.71 bits per heavy atom. The van der Waals surface area contributed by atoms with Crippen molar-refractivity contribution in [3.05, 3.63) is 64.2 Å². The molecule has 0 aromatic heterocycles. The van der Waals surface area contributed by atoms with E-state index in [4.69, 9.17) is 11.6 Å². The van der Waals surface area contributed by atoms with Gasteiger partial charge < -0.3 is 5.32 Å². The Kier molecular flexibility index (Phi) is 5.11. The number of carbonyl (C=O) groups is 1. The first-order chi connectivity index (χ1) is 11.5. The monoisotopic (exact) mass is 350 g/mol. The van der Waals surface area contributed by atoms with Crippen molar-refractivity contribution in [2.24, 2.45) is 0 Å². The fraction of sp³-hybridized carbons (Fsp3) is 0.278. The van der Waals surface area contributed by atoms with Crippen molar-refractivity contribution in [2.75, 3.05) is 18.4 Å². The molecule has 3 rings (SSSR count). The van der Waals surface area contributed by atoms with E-state index in [-0.39, 0.29) is 10.6 Å². The average molecular weight is 351 g/mol. The van der Waals surface area contributed by atoms with Crippen LogP contribution in [0, 0.1) is 11.6 Å². The van der Waals surface area contributed by atoms with Crippen LogP contribution in [0.15, 0.2) is 36.4 Å². The molecule has 126 valence electrons. The van der Waals surface area contributed by atoms with Crippen LogP contribution in [0.4, 0.5) is 14.5 Å². The number of hydrogen-bond donors (Lipinski definition) is 1. The molecule has 0 aliphatic carbocycles. The number of anilines is 1. The van der Waals surface area contributed by atoms with Crippen molar-refractivity contribution in [3.8, 4) is 0 Å². The summed E-state index contributed by atoms with van der Waals surface area (Å²) in [6, 6.07) is 9.06. The van der Waals surface area contributed by atoms with E-state index in [0.29, 0.717) is 5.69 Å². The van der Waals surface area contributed by atoms with E-state index in [1.807, 2.05) is 12.1 Å². The molecule has 0 bridgehead atoms. The highest BCUT2D eigenvalue weighted by atomic mass is 35.5. The molecule has 1 amide bonds. The van der Waals surface area contributed by atoms with Gasteiger partial charge in [0.15, 0.2) is 11.6 Å². The molecule has 2 aromatic rings. The lowest BCUT2D eigenvalue weighted by atomic mass is 10.1. The molecule has 0 radical (unpaired) electrons. The Bertz CT molecular complexity index is 743. The summed E-state index contributed by atoms with van der Waals surface area (Å²) in [7, 11) is 0. The van der Waals surface area contributed by atoms with Gasteiger partial charge >= 0.3 is 0 Å². The highest BCUT2D eigenvalue weighted by molar-refractivity contribution is 6.34. The maximum atomic E-state index is 13.3. The Balaban J connectivity index is 1.67. The first kappa shape index (κ1) is 16.9. The summed E-state index contributed by atoms with van der Waals surface area (Å²) in [4.78, 5) is 14.6. The van der Waals surface area contributed by atoms with E-state index in [0.717, 1.165) is 31.8 Å². The van der Waals surface area contributed by atoms with Crippen LogP contribution in [-0.2, 0) is 6.54 Å². The van der Waals surface area contributed by atoms with Gasteiger partial charge in [-0.15, -0.1) is 0 Å². The summed E-state index contributed by atoms with van der Waals surface area (Å²) in [5.74, 6) is -2.76. The predicted molar refractivity (Wildman–Crippen MR) is 90.3 cm³/mol. The molecule has 24 heavy (non-hydrogen) atoms. The normalized spacial score (nSPS) is 14.8. The molecule has 1 aliphatic rings. The Hall–Kier alpha value is -1.98. The molecule has 0 saturated carbocycles. The fourth-order valence-corrected chi connectivity index (χ4v) is 3.02. The van der Waals surface area contributed by atoms with E-state index in [1.54, 1.807) is 12.1 Å². The number of rotatable bonds is 4. The van der Waals surface area contributed by atoms with Gasteiger partial charge in [-0.1, -0.05) is 23.7 Å². The standard InChI is InChI=1S/C18H17ClF2N2O/c19-15-10-17(21)16(20)9-14(15)18(24)22-13-5-3-12(4-6-13)11-23-7-1-2-8-23/h3-6,9-10H,1-2,7-8,11H2,(H,22,24). The number of likely N-dealkylation sites (tertiary alicyclic amines) is 1. The van der Waals surface area contributed by atoms with Crippen molar-refractivity contribution in [3.63, 3.8) is 0 Å². The highest BCUT2D eigenvalue weighted by Gasteiger charge is 2.15. The fourth-order valence-electron chi connectivity index (χ4n) is 2.79.